The topological polar surface area (TPSA) is 54.7 Å². The summed E-state index contributed by atoms with van der Waals surface area (Å²) >= 11 is 0. The van der Waals surface area contributed by atoms with Crippen molar-refractivity contribution in [3.8, 4) is 0 Å². The summed E-state index contributed by atoms with van der Waals surface area (Å²) in [7, 11) is 0. The number of imidazole rings is 1. The Hall–Kier alpha value is -1.84. The molecule has 4 nitrogen and oxygen atoms in total. The Bertz CT molecular complexity index is 311. The van der Waals surface area contributed by atoms with Crippen molar-refractivity contribution >= 4 is 12.2 Å². The van der Waals surface area contributed by atoms with Gasteiger partial charge in [0.15, 0.2) is 0 Å². The highest BCUT2D eigenvalue weighted by atomic mass is 16.5. The van der Waals surface area contributed by atoms with Crippen LogP contribution in [0.25, 0.3) is 12.2 Å². The van der Waals surface area contributed by atoms with Crippen LogP contribution in [0.4, 0.5) is 0 Å². The Balaban J connectivity index is 2.14. The molecule has 2 rings (SSSR count). The van der Waals surface area contributed by atoms with Gasteiger partial charge in [0.25, 0.3) is 0 Å². The minimum Gasteiger partial charge on any atom is -0.364 e. The van der Waals surface area contributed by atoms with Crippen molar-refractivity contribution in [1.82, 2.24) is 15.1 Å². The number of hydrogen-bond donors (Lipinski definition) is 1. The summed E-state index contributed by atoms with van der Waals surface area (Å²) in [4.78, 5) is 6.96. The maximum atomic E-state index is 4.65. The van der Waals surface area contributed by atoms with Crippen LogP contribution < -0.4 is 0 Å². The molecule has 0 radical (unpaired) electrons. The van der Waals surface area contributed by atoms with Crippen molar-refractivity contribution in [2.75, 3.05) is 0 Å². The van der Waals surface area contributed by atoms with E-state index in [4.69, 9.17) is 0 Å². The number of nitrogens with one attached hydrogen (secondary N) is 1. The van der Waals surface area contributed by atoms with E-state index in [0.717, 1.165) is 11.5 Å². The Morgan fingerprint density at radius 2 is 2.42 bits per heavy atom. The Labute approximate surface area is 68.9 Å². The Morgan fingerprint density at radius 1 is 1.42 bits per heavy atom. The summed E-state index contributed by atoms with van der Waals surface area (Å²) in [6, 6.07) is 1.78. The van der Waals surface area contributed by atoms with Gasteiger partial charge in [-0.05, 0) is 12.2 Å². The molecule has 2 aromatic heterocycles. The van der Waals surface area contributed by atoms with Gasteiger partial charge in [0.2, 0.25) is 0 Å². The first-order chi connectivity index (χ1) is 5.95. The highest BCUT2D eigenvalue weighted by molar-refractivity contribution is 5.63. The van der Waals surface area contributed by atoms with Crippen molar-refractivity contribution in [3.05, 3.63) is 36.2 Å². The third kappa shape index (κ3) is 1.42. The smallest absolute Gasteiger partial charge is 0.130 e. The second kappa shape index (κ2) is 3.04. The summed E-state index contributed by atoms with van der Waals surface area (Å²) in [5, 5.41) is 3.71. The molecular formula is C8H7N3O. The van der Waals surface area contributed by atoms with Gasteiger partial charge in [-0.2, -0.15) is 0 Å². The van der Waals surface area contributed by atoms with E-state index in [-0.39, 0.29) is 0 Å². The fourth-order valence-electron chi connectivity index (χ4n) is 0.841. The number of H-pyrrole nitrogens is 1. The summed E-state index contributed by atoms with van der Waals surface area (Å²) in [6.45, 7) is 0. The van der Waals surface area contributed by atoms with E-state index in [2.05, 4.69) is 19.6 Å². The second-order valence-corrected chi connectivity index (χ2v) is 2.23. The number of hydrogen-bond acceptors (Lipinski definition) is 3. The lowest BCUT2D eigenvalue weighted by Crippen LogP contribution is -1.73. The normalized spacial score (nSPS) is 11.0. The lowest BCUT2D eigenvalue weighted by Gasteiger charge is -1.80. The monoisotopic (exact) mass is 161 g/mol. The zero-order valence-electron chi connectivity index (χ0n) is 6.27. The van der Waals surface area contributed by atoms with Crippen LogP contribution in [0.5, 0.6) is 0 Å². The first-order valence-electron chi connectivity index (χ1n) is 3.53. The molecule has 0 spiro atoms. The number of aromatic amines is 1. The third-order valence-electron chi connectivity index (χ3n) is 1.39. The highest BCUT2D eigenvalue weighted by Crippen LogP contribution is 2.00. The van der Waals surface area contributed by atoms with Crippen molar-refractivity contribution in [3.63, 3.8) is 0 Å². The molecule has 2 heterocycles. The quantitative estimate of drug-likeness (QED) is 0.727. The van der Waals surface area contributed by atoms with Gasteiger partial charge in [0, 0.05) is 18.5 Å². The van der Waals surface area contributed by atoms with E-state index < -0.39 is 0 Å². The van der Waals surface area contributed by atoms with Crippen LogP contribution in [0.2, 0.25) is 0 Å². The van der Waals surface area contributed by atoms with Gasteiger partial charge in [-0.3, -0.25) is 0 Å². The summed E-state index contributed by atoms with van der Waals surface area (Å²) in [5.74, 6) is 0.804. The second-order valence-electron chi connectivity index (χ2n) is 2.23. The fourth-order valence-corrected chi connectivity index (χ4v) is 0.841. The molecule has 12 heavy (non-hydrogen) atoms. The highest BCUT2D eigenvalue weighted by Gasteiger charge is 1.89. The van der Waals surface area contributed by atoms with Gasteiger partial charge < -0.3 is 9.51 Å². The predicted octanol–water partition coefficient (Wildman–Crippen LogP) is 1.57. The molecule has 0 fully saturated rings. The van der Waals surface area contributed by atoms with Crippen molar-refractivity contribution in [1.29, 1.82) is 0 Å². The number of nitrogens with zero attached hydrogens (tertiary/aromatic N) is 2. The molecule has 4 heteroatoms. The fraction of sp³-hybridized carbons (Fsp3) is 0. The summed E-state index contributed by atoms with van der Waals surface area (Å²) in [5.41, 5.74) is 0.784. The molecule has 0 aliphatic rings. The Morgan fingerprint density at radius 3 is 3.08 bits per heavy atom. The maximum Gasteiger partial charge on any atom is 0.130 e. The van der Waals surface area contributed by atoms with Crippen LogP contribution in [-0.2, 0) is 0 Å². The zero-order valence-corrected chi connectivity index (χ0v) is 6.27. The van der Waals surface area contributed by atoms with Crippen molar-refractivity contribution in [2.45, 2.75) is 0 Å². The lowest BCUT2D eigenvalue weighted by molar-refractivity contribution is 0.418. The standard InChI is InChI=1S/C8H7N3O/c1(7-3-6-12-11-7)2-8-9-4-5-10-8/h1-6H,(H,9,10)/b2-1+. The Kier molecular flexibility index (Phi) is 1.74. The molecule has 1 N–H and O–H groups in total. The lowest BCUT2D eigenvalue weighted by atomic mass is 10.4. The minimum absolute atomic E-state index is 0.784. The van der Waals surface area contributed by atoms with Crippen molar-refractivity contribution < 1.29 is 4.52 Å². The molecule has 0 amide bonds. The SMILES string of the molecule is C(=C\c1ncc[nH]1)/c1ccon1. The molecule has 0 aliphatic heterocycles. The van der Waals surface area contributed by atoms with Gasteiger partial charge in [-0.25, -0.2) is 4.98 Å². The molecule has 0 saturated heterocycles. The molecule has 0 aliphatic carbocycles. The zero-order chi connectivity index (χ0) is 8.23. The average Bonchev–Trinajstić information content (AvgIpc) is 2.74. The van der Waals surface area contributed by atoms with E-state index in [0.29, 0.717) is 0 Å². The molecule has 0 unspecified atom stereocenters. The molecule has 0 aromatic carbocycles. The van der Waals surface area contributed by atoms with Gasteiger partial charge in [0.05, 0.1) is 0 Å². The van der Waals surface area contributed by atoms with E-state index in [1.54, 1.807) is 18.5 Å². The number of aromatic nitrogens is 3. The van der Waals surface area contributed by atoms with Gasteiger partial charge >= 0.3 is 0 Å². The van der Waals surface area contributed by atoms with Crippen LogP contribution >= 0.6 is 0 Å². The largest absolute Gasteiger partial charge is 0.364 e. The molecular weight excluding hydrogens is 154 g/mol. The van der Waals surface area contributed by atoms with Crippen LogP contribution in [0.3, 0.4) is 0 Å². The predicted molar refractivity (Wildman–Crippen MR) is 44.0 cm³/mol. The minimum atomic E-state index is 0.784. The molecule has 2 aromatic rings. The van der Waals surface area contributed by atoms with E-state index in [9.17, 15) is 0 Å². The van der Waals surface area contributed by atoms with Crippen LogP contribution in [0, 0.1) is 0 Å². The van der Waals surface area contributed by atoms with Gasteiger partial charge in [0.1, 0.15) is 17.8 Å². The average molecular weight is 161 g/mol. The van der Waals surface area contributed by atoms with E-state index in [1.807, 2.05) is 12.2 Å². The third-order valence-corrected chi connectivity index (χ3v) is 1.39. The first kappa shape index (κ1) is 6.84. The number of rotatable bonds is 2. The molecule has 60 valence electrons. The van der Waals surface area contributed by atoms with E-state index >= 15 is 0 Å². The summed E-state index contributed by atoms with van der Waals surface area (Å²) in [6.07, 6.45) is 8.65. The molecule has 0 saturated carbocycles. The maximum absolute atomic E-state index is 4.65. The van der Waals surface area contributed by atoms with Crippen LogP contribution in [0.15, 0.2) is 29.2 Å². The molecule has 0 bridgehead atoms. The molecule has 0 atom stereocenters. The first-order valence-corrected chi connectivity index (χ1v) is 3.53. The van der Waals surface area contributed by atoms with Crippen LogP contribution in [0.1, 0.15) is 11.5 Å². The summed E-state index contributed by atoms with van der Waals surface area (Å²) < 4.78 is 4.65. The van der Waals surface area contributed by atoms with Gasteiger partial charge in [-0.1, -0.05) is 5.16 Å². The van der Waals surface area contributed by atoms with Crippen molar-refractivity contribution in [2.24, 2.45) is 0 Å². The van der Waals surface area contributed by atoms with Crippen LogP contribution in [-0.4, -0.2) is 15.1 Å². The van der Waals surface area contributed by atoms with Gasteiger partial charge in [-0.15, -0.1) is 0 Å². The van der Waals surface area contributed by atoms with E-state index in [1.165, 1.54) is 6.26 Å².